The highest BCUT2D eigenvalue weighted by Crippen LogP contribution is 2.42. The van der Waals surface area contributed by atoms with Gasteiger partial charge < -0.3 is 24.4 Å². The fraction of sp³-hybridized carbons (Fsp3) is 0.300. The summed E-state index contributed by atoms with van der Waals surface area (Å²) in [7, 11) is 0. The van der Waals surface area contributed by atoms with Gasteiger partial charge in [0.1, 0.15) is 23.2 Å². The summed E-state index contributed by atoms with van der Waals surface area (Å²) in [6.45, 7) is 6.31. The molecular weight excluding hydrogens is 348 g/mol. The number of nitrogens with zero attached hydrogens (tertiary/aromatic N) is 1. The van der Waals surface area contributed by atoms with Gasteiger partial charge in [0, 0.05) is 6.07 Å². The predicted molar refractivity (Wildman–Crippen MR) is 97.8 cm³/mol. The smallest absolute Gasteiger partial charge is 0.343 e. The van der Waals surface area contributed by atoms with Gasteiger partial charge in [-0.3, -0.25) is 0 Å². The number of allylic oxidation sites excluding steroid dienone is 1. The average Bonchev–Trinajstić information content (AvgIpc) is 2.62. The number of aryl methyl sites for hydroxylation is 1. The van der Waals surface area contributed by atoms with Crippen LogP contribution in [0.5, 0.6) is 17.2 Å². The Morgan fingerprint density at radius 2 is 1.89 bits per heavy atom. The molecule has 0 saturated carbocycles. The summed E-state index contributed by atoms with van der Waals surface area (Å²) >= 11 is 0. The van der Waals surface area contributed by atoms with Gasteiger partial charge in [0.15, 0.2) is 11.5 Å². The third kappa shape index (κ3) is 3.34. The van der Waals surface area contributed by atoms with E-state index in [4.69, 9.17) is 24.4 Å². The number of hydrogen-bond donors (Lipinski definition) is 1. The molecule has 27 heavy (non-hydrogen) atoms. The number of nitriles is 1. The van der Waals surface area contributed by atoms with Gasteiger partial charge >= 0.3 is 5.63 Å². The average molecular weight is 368 g/mol. The standard InChI is InChI=1S/C20H20N2O5/c1-4-24-14-7-6-12(9-15(14)25-5-2)17-13(10-21)19(22)27-16-8-11(3)26-20(23)18(16)17/h6-9,17H,4-5,22H2,1-3H3/t17-/m1/s1. The van der Waals surface area contributed by atoms with Crippen LogP contribution in [0.15, 0.2) is 44.9 Å². The van der Waals surface area contributed by atoms with Crippen molar-refractivity contribution in [2.75, 3.05) is 13.2 Å². The quantitative estimate of drug-likeness (QED) is 0.864. The highest BCUT2D eigenvalue weighted by atomic mass is 16.5. The molecule has 0 spiro atoms. The normalized spacial score (nSPS) is 15.6. The first-order valence-corrected chi connectivity index (χ1v) is 8.61. The van der Waals surface area contributed by atoms with E-state index in [-0.39, 0.29) is 22.8 Å². The number of rotatable bonds is 5. The molecule has 0 bridgehead atoms. The maximum atomic E-state index is 12.5. The highest BCUT2D eigenvalue weighted by Gasteiger charge is 2.34. The van der Waals surface area contributed by atoms with E-state index in [2.05, 4.69) is 6.07 Å². The van der Waals surface area contributed by atoms with E-state index in [1.54, 1.807) is 31.2 Å². The van der Waals surface area contributed by atoms with E-state index in [1.807, 2.05) is 13.8 Å². The minimum absolute atomic E-state index is 0.0353. The molecule has 3 rings (SSSR count). The van der Waals surface area contributed by atoms with E-state index >= 15 is 0 Å². The molecule has 0 amide bonds. The zero-order valence-corrected chi connectivity index (χ0v) is 15.4. The Hall–Kier alpha value is -3.40. The van der Waals surface area contributed by atoms with Gasteiger partial charge in [-0.1, -0.05) is 6.07 Å². The molecule has 0 radical (unpaired) electrons. The maximum Gasteiger partial charge on any atom is 0.343 e. The van der Waals surface area contributed by atoms with E-state index in [9.17, 15) is 10.1 Å². The van der Waals surface area contributed by atoms with Gasteiger partial charge in [0.2, 0.25) is 5.88 Å². The second-order valence-corrected chi connectivity index (χ2v) is 5.92. The summed E-state index contributed by atoms with van der Waals surface area (Å²) in [5.74, 6) is 1.04. The Labute approximate surface area is 156 Å². The Kier molecular flexibility index (Phi) is 5.08. The summed E-state index contributed by atoms with van der Waals surface area (Å²) < 4.78 is 22.0. The van der Waals surface area contributed by atoms with Crippen LogP contribution in [0.4, 0.5) is 0 Å². The number of benzene rings is 1. The lowest BCUT2D eigenvalue weighted by atomic mass is 9.84. The molecule has 2 N–H and O–H groups in total. The van der Waals surface area contributed by atoms with Crippen LogP contribution in [0.1, 0.15) is 36.7 Å². The Morgan fingerprint density at radius 1 is 1.19 bits per heavy atom. The van der Waals surface area contributed by atoms with Crippen molar-refractivity contribution in [1.82, 2.24) is 0 Å². The van der Waals surface area contributed by atoms with Crippen molar-refractivity contribution in [3.63, 3.8) is 0 Å². The molecule has 7 nitrogen and oxygen atoms in total. The molecule has 0 aliphatic carbocycles. The van der Waals surface area contributed by atoms with E-state index < -0.39 is 11.5 Å². The molecule has 2 aromatic rings. The molecule has 2 heterocycles. The second-order valence-electron chi connectivity index (χ2n) is 5.92. The molecule has 0 fully saturated rings. The fourth-order valence-electron chi connectivity index (χ4n) is 3.10. The molecule has 1 aliphatic rings. The lowest BCUT2D eigenvalue weighted by Gasteiger charge is -2.25. The highest BCUT2D eigenvalue weighted by molar-refractivity contribution is 5.57. The number of fused-ring (bicyclic) bond motifs is 1. The minimum atomic E-state index is -0.717. The summed E-state index contributed by atoms with van der Waals surface area (Å²) in [6, 6.07) is 8.91. The van der Waals surface area contributed by atoms with Crippen molar-refractivity contribution in [2.45, 2.75) is 26.7 Å². The molecule has 1 aliphatic heterocycles. The van der Waals surface area contributed by atoms with Crippen molar-refractivity contribution < 1.29 is 18.6 Å². The Bertz CT molecular complexity index is 1000. The van der Waals surface area contributed by atoms with Crippen LogP contribution in [0.2, 0.25) is 0 Å². The Morgan fingerprint density at radius 3 is 2.56 bits per heavy atom. The molecule has 1 aromatic heterocycles. The molecule has 1 aromatic carbocycles. The monoisotopic (exact) mass is 368 g/mol. The van der Waals surface area contributed by atoms with Gasteiger partial charge in [-0.15, -0.1) is 0 Å². The first-order chi connectivity index (χ1) is 13.0. The molecule has 140 valence electrons. The van der Waals surface area contributed by atoms with Crippen LogP contribution in [0.25, 0.3) is 0 Å². The largest absolute Gasteiger partial charge is 0.490 e. The van der Waals surface area contributed by atoms with E-state index in [0.717, 1.165) is 0 Å². The number of ether oxygens (including phenoxy) is 3. The van der Waals surface area contributed by atoms with Crippen LogP contribution in [-0.2, 0) is 0 Å². The lowest BCUT2D eigenvalue weighted by Crippen LogP contribution is -2.26. The van der Waals surface area contributed by atoms with Gasteiger partial charge in [0.05, 0.1) is 24.7 Å². The topological polar surface area (TPSA) is 108 Å². The molecular formula is C20H20N2O5. The maximum absolute atomic E-state index is 12.5. The third-order valence-corrected chi connectivity index (χ3v) is 4.16. The summed E-state index contributed by atoms with van der Waals surface area (Å²) in [5.41, 5.74) is 6.42. The zero-order valence-electron chi connectivity index (χ0n) is 15.4. The third-order valence-electron chi connectivity index (χ3n) is 4.16. The number of nitrogens with two attached hydrogens (primary N) is 1. The van der Waals surface area contributed by atoms with Gasteiger partial charge in [0.25, 0.3) is 0 Å². The first kappa shape index (κ1) is 18.4. The molecule has 0 saturated heterocycles. The van der Waals surface area contributed by atoms with Crippen molar-refractivity contribution in [3.8, 4) is 23.3 Å². The fourth-order valence-corrected chi connectivity index (χ4v) is 3.10. The zero-order chi connectivity index (χ0) is 19.6. The minimum Gasteiger partial charge on any atom is -0.490 e. The van der Waals surface area contributed by atoms with Crippen molar-refractivity contribution in [3.05, 3.63) is 63.0 Å². The van der Waals surface area contributed by atoms with Crippen molar-refractivity contribution in [1.29, 1.82) is 5.26 Å². The van der Waals surface area contributed by atoms with Crippen molar-refractivity contribution >= 4 is 0 Å². The van der Waals surface area contributed by atoms with E-state index in [1.165, 1.54) is 0 Å². The summed E-state index contributed by atoms with van der Waals surface area (Å²) in [4.78, 5) is 12.5. The van der Waals surface area contributed by atoms with Crippen LogP contribution in [0.3, 0.4) is 0 Å². The van der Waals surface area contributed by atoms with Crippen LogP contribution in [-0.4, -0.2) is 13.2 Å². The van der Waals surface area contributed by atoms with Crippen LogP contribution < -0.4 is 25.6 Å². The van der Waals surface area contributed by atoms with Gasteiger partial charge in [-0.2, -0.15) is 5.26 Å². The summed E-state index contributed by atoms with van der Waals surface area (Å²) in [5, 5.41) is 9.62. The molecule has 7 heteroatoms. The predicted octanol–water partition coefficient (Wildman–Crippen LogP) is 2.96. The molecule has 0 unspecified atom stereocenters. The van der Waals surface area contributed by atoms with Crippen LogP contribution >= 0.6 is 0 Å². The SMILES string of the molecule is CCOc1ccc([C@@H]2C(C#N)=C(N)Oc3cc(C)oc(=O)c32)cc1OCC. The number of hydrogen-bond acceptors (Lipinski definition) is 7. The summed E-state index contributed by atoms with van der Waals surface area (Å²) in [6.07, 6.45) is 0. The lowest BCUT2D eigenvalue weighted by molar-refractivity contribution is 0.287. The second kappa shape index (κ2) is 7.46. The van der Waals surface area contributed by atoms with Gasteiger partial charge in [-0.25, -0.2) is 4.79 Å². The molecule has 1 atom stereocenters. The van der Waals surface area contributed by atoms with Crippen LogP contribution in [0, 0.1) is 18.3 Å². The Balaban J connectivity index is 2.22. The first-order valence-electron chi connectivity index (χ1n) is 8.61. The van der Waals surface area contributed by atoms with Crippen molar-refractivity contribution in [2.24, 2.45) is 5.73 Å². The van der Waals surface area contributed by atoms with Gasteiger partial charge in [-0.05, 0) is 38.5 Å². The van der Waals surface area contributed by atoms with E-state index in [0.29, 0.717) is 36.0 Å².